The molecule has 1 fully saturated rings. The van der Waals surface area contributed by atoms with Crippen molar-refractivity contribution in [3.05, 3.63) is 29.3 Å². The summed E-state index contributed by atoms with van der Waals surface area (Å²) in [6, 6.07) is 7.12. The van der Waals surface area contributed by atoms with Gasteiger partial charge in [0.2, 0.25) is 0 Å². The third-order valence-corrected chi connectivity index (χ3v) is 4.00. The van der Waals surface area contributed by atoms with Gasteiger partial charge in [0, 0.05) is 18.6 Å². The quantitative estimate of drug-likeness (QED) is 0.877. The van der Waals surface area contributed by atoms with E-state index in [4.69, 9.17) is 16.3 Å². The standard InChI is InChI=1S/C15H20ClNO3/c16-12-6-2-4-8-14(12)20-10-15(19)17-13-7-3-1-5-11(13)9-18/h2,4,6,8,11,13,18H,1,3,5,7,9-10H2,(H,17,19). The summed E-state index contributed by atoms with van der Waals surface area (Å²) in [6.45, 7) is 0.0642. The van der Waals surface area contributed by atoms with Crippen LogP contribution in [0.15, 0.2) is 24.3 Å². The fraction of sp³-hybridized carbons (Fsp3) is 0.533. The summed E-state index contributed by atoms with van der Waals surface area (Å²) in [6.07, 6.45) is 4.09. The second-order valence-corrected chi connectivity index (χ2v) is 5.53. The van der Waals surface area contributed by atoms with Gasteiger partial charge in [-0.15, -0.1) is 0 Å². The fourth-order valence-electron chi connectivity index (χ4n) is 2.57. The van der Waals surface area contributed by atoms with Crippen LogP contribution in [0.5, 0.6) is 5.75 Å². The van der Waals surface area contributed by atoms with E-state index in [0.717, 1.165) is 25.7 Å². The molecule has 0 bridgehead atoms. The molecule has 2 rings (SSSR count). The normalized spacial score (nSPS) is 22.3. The van der Waals surface area contributed by atoms with Gasteiger partial charge in [0.05, 0.1) is 5.02 Å². The number of ether oxygens (including phenoxy) is 1. The summed E-state index contributed by atoms with van der Waals surface area (Å²) in [5, 5.41) is 12.8. The zero-order valence-corrected chi connectivity index (χ0v) is 12.1. The van der Waals surface area contributed by atoms with Crippen LogP contribution >= 0.6 is 11.6 Å². The van der Waals surface area contributed by atoms with Crippen molar-refractivity contribution in [3.8, 4) is 5.75 Å². The van der Waals surface area contributed by atoms with Crippen LogP contribution in [0, 0.1) is 5.92 Å². The largest absolute Gasteiger partial charge is 0.482 e. The molecule has 1 aliphatic carbocycles. The molecule has 2 unspecified atom stereocenters. The molecule has 4 nitrogen and oxygen atoms in total. The monoisotopic (exact) mass is 297 g/mol. The number of nitrogens with one attached hydrogen (secondary N) is 1. The molecule has 2 N–H and O–H groups in total. The first-order valence-corrected chi connectivity index (χ1v) is 7.36. The number of carbonyl (C=O) groups excluding carboxylic acids is 1. The zero-order chi connectivity index (χ0) is 14.4. The number of hydrogen-bond donors (Lipinski definition) is 2. The molecular weight excluding hydrogens is 278 g/mol. The van der Waals surface area contributed by atoms with Crippen LogP contribution < -0.4 is 10.1 Å². The molecular formula is C15H20ClNO3. The van der Waals surface area contributed by atoms with Gasteiger partial charge in [-0.3, -0.25) is 4.79 Å². The van der Waals surface area contributed by atoms with Crippen molar-refractivity contribution in [2.75, 3.05) is 13.2 Å². The lowest BCUT2D eigenvalue weighted by Gasteiger charge is -2.30. The van der Waals surface area contributed by atoms with E-state index in [-0.39, 0.29) is 31.1 Å². The number of amides is 1. The van der Waals surface area contributed by atoms with Gasteiger partial charge in [0.15, 0.2) is 6.61 Å². The molecule has 110 valence electrons. The lowest BCUT2D eigenvalue weighted by atomic mass is 9.85. The van der Waals surface area contributed by atoms with E-state index < -0.39 is 0 Å². The van der Waals surface area contributed by atoms with Gasteiger partial charge in [0.1, 0.15) is 5.75 Å². The van der Waals surface area contributed by atoms with Gasteiger partial charge in [0.25, 0.3) is 5.91 Å². The second kappa shape index (κ2) is 7.50. The zero-order valence-electron chi connectivity index (χ0n) is 11.3. The number of aliphatic hydroxyl groups is 1. The first-order chi connectivity index (χ1) is 9.70. The molecule has 1 aromatic rings. The van der Waals surface area contributed by atoms with Crippen LogP contribution in [0.25, 0.3) is 0 Å². The number of carbonyl (C=O) groups is 1. The van der Waals surface area contributed by atoms with Gasteiger partial charge in [-0.2, -0.15) is 0 Å². The maximum absolute atomic E-state index is 11.9. The lowest BCUT2D eigenvalue weighted by Crippen LogP contribution is -2.45. The fourth-order valence-corrected chi connectivity index (χ4v) is 2.76. The molecule has 0 spiro atoms. The Hall–Kier alpha value is -1.26. The van der Waals surface area contributed by atoms with E-state index in [1.165, 1.54) is 0 Å². The number of aliphatic hydroxyl groups excluding tert-OH is 1. The first-order valence-electron chi connectivity index (χ1n) is 6.98. The van der Waals surface area contributed by atoms with Gasteiger partial charge in [-0.25, -0.2) is 0 Å². The third-order valence-electron chi connectivity index (χ3n) is 3.69. The average molecular weight is 298 g/mol. The molecule has 1 amide bonds. The highest BCUT2D eigenvalue weighted by atomic mass is 35.5. The van der Waals surface area contributed by atoms with Crippen molar-refractivity contribution in [3.63, 3.8) is 0 Å². The molecule has 2 atom stereocenters. The van der Waals surface area contributed by atoms with E-state index in [0.29, 0.717) is 10.8 Å². The Balaban J connectivity index is 1.82. The highest BCUT2D eigenvalue weighted by Gasteiger charge is 2.25. The van der Waals surface area contributed by atoms with Crippen LogP contribution in [0.3, 0.4) is 0 Å². The van der Waals surface area contributed by atoms with E-state index in [2.05, 4.69) is 5.32 Å². The lowest BCUT2D eigenvalue weighted by molar-refractivity contribution is -0.124. The number of benzene rings is 1. The van der Waals surface area contributed by atoms with Crippen molar-refractivity contribution < 1.29 is 14.6 Å². The smallest absolute Gasteiger partial charge is 0.258 e. The van der Waals surface area contributed by atoms with Crippen LogP contribution in [-0.2, 0) is 4.79 Å². The second-order valence-electron chi connectivity index (χ2n) is 5.12. The van der Waals surface area contributed by atoms with Crippen molar-refractivity contribution in [2.45, 2.75) is 31.7 Å². The van der Waals surface area contributed by atoms with Gasteiger partial charge < -0.3 is 15.2 Å². The summed E-state index contributed by atoms with van der Waals surface area (Å²) in [7, 11) is 0. The van der Waals surface area contributed by atoms with Crippen molar-refractivity contribution >= 4 is 17.5 Å². The van der Waals surface area contributed by atoms with E-state index in [1.807, 2.05) is 12.1 Å². The molecule has 1 saturated carbocycles. The molecule has 1 aromatic carbocycles. The molecule has 0 radical (unpaired) electrons. The van der Waals surface area contributed by atoms with E-state index >= 15 is 0 Å². The Morgan fingerprint density at radius 2 is 2.10 bits per heavy atom. The third kappa shape index (κ3) is 4.12. The Kier molecular flexibility index (Phi) is 5.68. The maximum Gasteiger partial charge on any atom is 0.258 e. The number of para-hydroxylation sites is 1. The van der Waals surface area contributed by atoms with Gasteiger partial charge in [-0.05, 0) is 25.0 Å². The molecule has 5 heteroatoms. The number of rotatable bonds is 5. The van der Waals surface area contributed by atoms with Gasteiger partial charge >= 0.3 is 0 Å². The Labute approximate surface area is 124 Å². The Bertz CT molecular complexity index is 452. The summed E-state index contributed by atoms with van der Waals surface area (Å²) in [4.78, 5) is 11.9. The van der Waals surface area contributed by atoms with Crippen molar-refractivity contribution in [1.29, 1.82) is 0 Å². The number of halogens is 1. The van der Waals surface area contributed by atoms with Crippen LogP contribution in [0.2, 0.25) is 5.02 Å². The van der Waals surface area contributed by atoms with Crippen LogP contribution in [-0.4, -0.2) is 30.3 Å². The average Bonchev–Trinajstić information content (AvgIpc) is 2.47. The summed E-state index contributed by atoms with van der Waals surface area (Å²) in [5.41, 5.74) is 0. The summed E-state index contributed by atoms with van der Waals surface area (Å²) >= 11 is 5.96. The highest BCUT2D eigenvalue weighted by Crippen LogP contribution is 2.24. The molecule has 1 aliphatic rings. The summed E-state index contributed by atoms with van der Waals surface area (Å²) < 4.78 is 5.40. The van der Waals surface area contributed by atoms with Crippen molar-refractivity contribution in [2.24, 2.45) is 5.92 Å². The minimum Gasteiger partial charge on any atom is -0.482 e. The Morgan fingerprint density at radius 3 is 2.85 bits per heavy atom. The van der Waals surface area contributed by atoms with E-state index in [9.17, 15) is 9.90 Å². The molecule has 0 saturated heterocycles. The molecule has 0 heterocycles. The van der Waals surface area contributed by atoms with Crippen molar-refractivity contribution in [1.82, 2.24) is 5.32 Å². The topological polar surface area (TPSA) is 58.6 Å². The minimum absolute atomic E-state index is 0.0519. The number of hydrogen-bond acceptors (Lipinski definition) is 3. The maximum atomic E-state index is 11.9. The minimum atomic E-state index is -0.171. The summed E-state index contributed by atoms with van der Waals surface area (Å²) in [5.74, 6) is 0.495. The van der Waals surface area contributed by atoms with E-state index in [1.54, 1.807) is 12.1 Å². The molecule has 20 heavy (non-hydrogen) atoms. The highest BCUT2D eigenvalue weighted by molar-refractivity contribution is 6.32. The predicted molar refractivity (Wildman–Crippen MR) is 77.9 cm³/mol. The molecule has 0 aliphatic heterocycles. The van der Waals surface area contributed by atoms with Gasteiger partial charge in [-0.1, -0.05) is 36.6 Å². The molecule has 0 aromatic heterocycles. The van der Waals surface area contributed by atoms with Crippen LogP contribution in [0.4, 0.5) is 0 Å². The SMILES string of the molecule is O=C(COc1ccccc1Cl)NC1CCCCC1CO. The Morgan fingerprint density at radius 1 is 1.35 bits per heavy atom. The first kappa shape index (κ1) is 15.1. The van der Waals surface area contributed by atoms with Crippen LogP contribution in [0.1, 0.15) is 25.7 Å². The predicted octanol–water partition coefficient (Wildman–Crippen LogP) is 2.39.